The zero-order valence-corrected chi connectivity index (χ0v) is 10.1. The summed E-state index contributed by atoms with van der Waals surface area (Å²) in [5, 5.41) is 0. The number of unbranched alkanes of at least 4 members (excludes halogenated alkanes) is 7. The Kier molecular flexibility index (Phi) is 12.9. The van der Waals surface area contributed by atoms with Crippen LogP contribution in [0, 0.1) is 6.42 Å². The summed E-state index contributed by atoms with van der Waals surface area (Å²) in [4.78, 5) is 0. The van der Waals surface area contributed by atoms with Gasteiger partial charge in [-0.05, 0) is 19.3 Å². The van der Waals surface area contributed by atoms with Gasteiger partial charge in [0.25, 0.3) is 0 Å². The van der Waals surface area contributed by atoms with E-state index in [1.54, 1.807) is 0 Å². The molecule has 0 aromatic rings. The molecule has 0 saturated carbocycles. The Morgan fingerprint density at radius 1 is 0.857 bits per heavy atom. The van der Waals surface area contributed by atoms with Gasteiger partial charge in [0, 0.05) is 13.2 Å². The Balaban J connectivity index is 2.78. The molecule has 0 aliphatic heterocycles. The summed E-state index contributed by atoms with van der Waals surface area (Å²) in [7, 11) is 0. The molecule has 0 bridgehead atoms. The first-order valence-corrected chi connectivity index (χ1v) is 6.31. The van der Waals surface area contributed by atoms with Gasteiger partial charge in [-0.2, -0.15) is 0 Å². The maximum Gasteiger partial charge on any atom is 0.0497 e. The molecule has 0 aliphatic carbocycles. The van der Waals surface area contributed by atoms with Crippen molar-refractivity contribution < 1.29 is 4.74 Å². The maximum absolute atomic E-state index is 5.50. The van der Waals surface area contributed by atoms with E-state index in [0.29, 0.717) is 0 Å². The van der Waals surface area contributed by atoms with Crippen molar-refractivity contribution >= 4 is 0 Å². The minimum atomic E-state index is 0.857. The first-order chi connectivity index (χ1) is 6.91. The van der Waals surface area contributed by atoms with Crippen LogP contribution in [0.2, 0.25) is 0 Å². The van der Waals surface area contributed by atoms with Crippen molar-refractivity contribution in [2.45, 2.75) is 65.2 Å². The second kappa shape index (κ2) is 13.0. The van der Waals surface area contributed by atoms with E-state index in [4.69, 9.17) is 4.74 Å². The van der Waals surface area contributed by atoms with Gasteiger partial charge in [-0.1, -0.05) is 52.4 Å². The van der Waals surface area contributed by atoms with Crippen LogP contribution >= 0.6 is 0 Å². The van der Waals surface area contributed by atoms with Gasteiger partial charge in [-0.3, -0.25) is 0 Å². The normalized spacial score (nSPS) is 10.7. The van der Waals surface area contributed by atoms with Crippen molar-refractivity contribution in [3.8, 4) is 0 Å². The highest BCUT2D eigenvalue weighted by Crippen LogP contribution is 2.02. The molecule has 0 aromatic carbocycles. The fourth-order valence-corrected chi connectivity index (χ4v) is 1.42. The molecule has 0 rings (SSSR count). The largest absolute Gasteiger partial charge is 0.381 e. The molecule has 0 aliphatic rings. The summed E-state index contributed by atoms with van der Waals surface area (Å²) >= 11 is 0. The minimum absolute atomic E-state index is 0.857. The van der Waals surface area contributed by atoms with Crippen LogP contribution < -0.4 is 0 Å². The summed E-state index contributed by atoms with van der Waals surface area (Å²) < 4.78 is 5.50. The molecule has 1 radical (unpaired) electrons. The molecule has 0 amide bonds. The molecule has 0 spiro atoms. The molecule has 1 heteroatoms. The lowest BCUT2D eigenvalue weighted by Crippen LogP contribution is -1.97. The van der Waals surface area contributed by atoms with Crippen molar-refractivity contribution in [3.63, 3.8) is 0 Å². The minimum Gasteiger partial charge on any atom is -0.381 e. The van der Waals surface area contributed by atoms with E-state index in [1.165, 1.54) is 51.4 Å². The van der Waals surface area contributed by atoms with Crippen molar-refractivity contribution in [1.29, 1.82) is 0 Å². The third-order valence-electron chi connectivity index (χ3n) is 2.39. The van der Waals surface area contributed by atoms with E-state index in [9.17, 15) is 0 Å². The van der Waals surface area contributed by atoms with E-state index < -0.39 is 0 Å². The van der Waals surface area contributed by atoms with Crippen molar-refractivity contribution in [2.24, 2.45) is 0 Å². The Labute approximate surface area is 90.2 Å². The molecule has 0 fully saturated rings. The zero-order chi connectivity index (χ0) is 10.5. The molecule has 0 aromatic heterocycles. The lowest BCUT2D eigenvalue weighted by Gasteiger charge is -2.03. The number of rotatable bonds is 11. The second-order valence-corrected chi connectivity index (χ2v) is 3.92. The van der Waals surface area contributed by atoms with Crippen LogP contribution in [0.1, 0.15) is 65.2 Å². The van der Waals surface area contributed by atoms with Crippen molar-refractivity contribution in [1.82, 2.24) is 0 Å². The maximum atomic E-state index is 5.50. The standard InChI is InChI=1S/C13H27O/c1-3-5-7-9-11-13-14-12-10-8-6-4-2/h11H,3-10,12-13H2,1-2H3. The Bertz CT molecular complexity index is 79.2. The third kappa shape index (κ3) is 12.0. The van der Waals surface area contributed by atoms with Crippen LogP contribution in [0.15, 0.2) is 0 Å². The Morgan fingerprint density at radius 3 is 2.29 bits per heavy atom. The fraction of sp³-hybridized carbons (Fsp3) is 0.923. The van der Waals surface area contributed by atoms with Gasteiger partial charge in [0.1, 0.15) is 0 Å². The van der Waals surface area contributed by atoms with Crippen molar-refractivity contribution in [2.75, 3.05) is 13.2 Å². The summed E-state index contributed by atoms with van der Waals surface area (Å²) in [6, 6.07) is 0. The molecule has 0 saturated heterocycles. The monoisotopic (exact) mass is 199 g/mol. The predicted molar refractivity (Wildman–Crippen MR) is 63.4 cm³/mol. The topological polar surface area (TPSA) is 9.23 Å². The molecule has 1 nitrogen and oxygen atoms in total. The van der Waals surface area contributed by atoms with Gasteiger partial charge in [0.05, 0.1) is 0 Å². The highest BCUT2D eigenvalue weighted by molar-refractivity contribution is 4.62. The van der Waals surface area contributed by atoms with Crippen LogP contribution in [0.3, 0.4) is 0 Å². The quantitative estimate of drug-likeness (QED) is 0.449. The highest BCUT2D eigenvalue weighted by atomic mass is 16.5. The molecule has 0 unspecified atom stereocenters. The Hall–Kier alpha value is -0.0400. The number of hydrogen-bond donors (Lipinski definition) is 0. The molecular formula is C13H27O. The van der Waals surface area contributed by atoms with Gasteiger partial charge in [0.2, 0.25) is 0 Å². The lowest BCUT2D eigenvalue weighted by molar-refractivity contribution is 0.147. The van der Waals surface area contributed by atoms with E-state index in [-0.39, 0.29) is 0 Å². The molecule has 14 heavy (non-hydrogen) atoms. The van der Waals surface area contributed by atoms with Gasteiger partial charge in [-0.15, -0.1) is 0 Å². The average molecular weight is 199 g/mol. The first kappa shape index (κ1) is 14.0. The second-order valence-electron chi connectivity index (χ2n) is 3.92. The van der Waals surface area contributed by atoms with Crippen LogP contribution in [0.5, 0.6) is 0 Å². The third-order valence-corrected chi connectivity index (χ3v) is 2.39. The summed E-state index contributed by atoms with van der Waals surface area (Å²) in [5.41, 5.74) is 0. The van der Waals surface area contributed by atoms with Gasteiger partial charge >= 0.3 is 0 Å². The molecule has 0 heterocycles. The molecule has 85 valence electrons. The first-order valence-electron chi connectivity index (χ1n) is 6.31. The SMILES string of the molecule is CCCCC[CH]COCCCCCC. The van der Waals surface area contributed by atoms with E-state index >= 15 is 0 Å². The molecular weight excluding hydrogens is 172 g/mol. The lowest BCUT2D eigenvalue weighted by atomic mass is 10.2. The van der Waals surface area contributed by atoms with E-state index in [1.807, 2.05) is 0 Å². The van der Waals surface area contributed by atoms with Gasteiger partial charge in [-0.25, -0.2) is 0 Å². The summed E-state index contributed by atoms with van der Waals surface area (Å²) in [5.74, 6) is 0. The van der Waals surface area contributed by atoms with Gasteiger partial charge < -0.3 is 4.74 Å². The Morgan fingerprint density at radius 2 is 1.57 bits per heavy atom. The summed E-state index contributed by atoms with van der Waals surface area (Å²) in [6.07, 6.45) is 12.7. The van der Waals surface area contributed by atoms with Gasteiger partial charge in [0.15, 0.2) is 0 Å². The number of hydrogen-bond acceptors (Lipinski definition) is 1. The fourth-order valence-electron chi connectivity index (χ4n) is 1.42. The van der Waals surface area contributed by atoms with Crippen LogP contribution in [0.4, 0.5) is 0 Å². The predicted octanol–water partition coefficient (Wildman–Crippen LogP) is 4.37. The van der Waals surface area contributed by atoms with E-state index in [2.05, 4.69) is 20.3 Å². The molecule has 0 atom stereocenters. The highest BCUT2D eigenvalue weighted by Gasteiger charge is 1.91. The van der Waals surface area contributed by atoms with E-state index in [0.717, 1.165) is 13.2 Å². The van der Waals surface area contributed by atoms with Crippen LogP contribution in [-0.2, 0) is 4.74 Å². The summed E-state index contributed by atoms with van der Waals surface area (Å²) in [6.45, 7) is 6.28. The van der Waals surface area contributed by atoms with Crippen LogP contribution in [-0.4, -0.2) is 13.2 Å². The average Bonchev–Trinajstić information content (AvgIpc) is 2.21. The number of ether oxygens (including phenoxy) is 1. The van der Waals surface area contributed by atoms with Crippen LogP contribution in [0.25, 0.3) is 0 Å². The zero-order valence-electron chi connectivity index (χ0n) is 10.1. The molecule has 0 N–H and O–H groups in total. The van der Waals surface area contributed by atoms with Crippen molar-refractivity contribution in [3.05, 3.63) is 6.42 Å². The smallest absolute Gasteiger partial charge is 0.0497 e.